The lowest BCUT2D eigenvalue weighted by Crippen LogP contribution is -2.11. The van der Waals surface area contributed by atoms with Crippen LogP contribution in [0, 0.1) is 5.82 Å². The molecule has 4 nitrogen and oxygen atoms in total. The standard InChI is InChI=1S/C19H21FN2O2/c20-17-11-15(18(21)23)12-22-19(17)24-16-9-7-14(8-10-16)13-5-3-1-2-4-6-13/h7-13H,1-6H2,(H2,21,23). The van der Waals surface area contributed by atoms with Gasteiger partial charge in [0.2, 0.25) is 5.91 Å². The summed E-state index contributed by atoms with van der Waals surface area (Å²) in [5.74, 6) is -0.473. The number of hydrogen-bond donors (Lipinski definition) is 1. The van der Waals surface area contributed by atoms with E-state index in [2.05, 4.69) is 4.98 Å². The largest absolute Gasteiger partial charge is 0.436 e. The van der Waals surface area contributed by atoms with Gasteiger partial charge in [0.05, 0.1) is 5.56 Å². The summed E-state index contributed by atoms with van der Waals surface area (Å²) < 4.78 is 19.4. The molecule has 2 aromatic rings. The molecule has 1 fully saturated rings. The van der Waals surface area contributed by atoms with Crippen molar-refractivity contribution in [1.82, 2.24) is 4.98 Å². The number of ether oxygens (including phenoxy) is 1. The maximum atomic E-state index is 13.9. The average Bonchev–Trinajstić information content (AvgIpc) is 2.86. The van der Waals surface area contributed by atoms with Crippen molar-refractivity contribution in [2.24, 2.45) is 5.73 Å². The van der Waals surface area contributed by atoms with E-state index >= 15 is 0 Å². The Morgan fingerprint density at radius 2 is 1.79 bits per heavy atom. The first-order chi connectivity index (χ1) is 11.6. The van der Waals surface area contributed by atoms with Gasteiger partial charge in [-0.15, -0.1) is 0 Å². The third kappa shape index (κ3) is 3.91. The molecule has 1 aliphatic rings. The van der Waals surface area contributed by atoms with Crippen LogP contribution in [0.2, 0.25) is 0 Å². The minimum absolute atomic E-state index is 0.0172. The number of rotatable bonds is 4. The summed E-state index contributed by atoms with van der Waals surface area (Å²) in [6.45, 7) is 0. The fraction of sp³-hybridized carbons (Fsp3) is 0.368. The van der Waals surface area contributed by atoms with Gasteiger partial charge in [0.1, 0.15) is 5.75 Å². The third-order valence-electron chi connectivity index (χ3n) is 4.51. The molecule has 1 amide bonds. The van der Waals surface area contributed by atoms with E-state index in [1.54, 1.807) is 0 Å². The van der Waals surface area contributed by atoms with Crippen LogP contribution < -0.4 is 10.5 Å². The molecule has 24 heavy (non-hydrogen) atoms. The van der Waals surface area contributed by atoms with Crippen molar-refractivity contribution >= 4 is 5.91 Å². The monoisotopic (exact) mass is 328 g/mol. The fourth-order valence-corrected chi connectivity index (χ4v) is 3.17. The van der Waals surface area contributed by atoms with Crippen LogP contribution in [0.5, 0.6) is 11.6 Å². The number of primary amides is 1. The molecule has 3 rings (SSSR count). The third-order valence-corrected chi connectivity index (χ3v) is 4.51. The molecular formula is C19H21FN2O2. The van der Waals surface area contributed by atoms with Gasteiger partial charge in [-0.25, -0.2) is 9.37 Å². The molecule has 0 radical (unpaired) electrons. The quantitative estimate of drug-likeness (QED) is 0.837. The Morgan fingerprint density at radius 1 is 1.12 bits per heavy atom. The number of carbonyl (C=O) groups is 1. The number of carbonyl (C=O) groups excluding carboxylic acids is 1. The maximum absolute atomic E-state index is 13.9. The van der Waals surface area contributed by atoms with E-state index in [0.29, 0.717) is 11.7 Å². The first-order valence-corrected chi connectivity index (χ1v) is 8.36. The molecule has 2 N–H and O–H groups in total. The zero-order chi connectivity index (χ0) is 16.9. The topological polar surface area (TPSA) is 65.2 Å². The average molecular weight is 328 g/mol. The Morgan fingerprint density at radius 3 is 2.38 bits per heavy atom. The SMILES string of the molecule is NC(=O)c1cnc(Oc2ccc(C3CCCCCC3)cc2)c(F)c1. The second kappa shape index (κ2) is 7.43. The molecule has 1 aliphatic carbocycles. The van der Waals surface area contributed by atoms with Crippen molar-refractivity contribution in [3.05, 3.63) is 53.5 Å². The molecule has 0 spiro atoms. The number of aromatic nitrogens is 1. The van der Waals surface area contributed by atoms with Gasteiger partial charge in [-0.3, -0.25) is 4.79 Å². The number of nitrogens with two attached hydrogens (primary N) is 1. The van der Waals surface area contributed by atoms with Crippen LogP contribution in [0.1, 0.15) is 60.4 Å². The first kappa shape index (κ1) is 16.4. The van der Waals surface area contributed by atoms with E-state index in [9.17, 15) is 9.18 Å². The summed E-state index contributed by atoms with van der Waals surface area (Å²) in [5.41, 5.74) is 6.42. The zero-order valence-corrected chi connectivity index (χ0v) is 13.5. The summed E-state index contributed by atoms with van der Waals surface area (Å²) in [5, 5.41) is 0. The molecule has 1 aromatic carbocycles. The number of hydrogen-bond acceptors (Lipinski definition) is 3. The van der Waals surface area contributed by atoms with E-state index in [-0.39, 0.29) is 11.4 Å². The normalized spacial score (nSPS) is 15.7. The van der Waals surface area contributed by atoms with Gasteiger partial charge in [-0.2, -0.15) is 0 Å². The molecule has 126 valence electrons. The minimum atomic E-state index is -0.722. The van der Waals surface area contributed by atoms with Crippen molar-refractivity contribution in [2.45, 2.75) is 44.4 Å². The summed E-state index contributed by atoms with van der Waals surface area (Å²) in [4.78, 5) is 14.8. The van der Waals surface area contributed by atoms with E-state index in [1.807, 2.05) is 24.3 Å². The number of amides is 1. The maximum Gasteiger partial charge on any atom is 0.255 e. The molecule has 1 saturated carbocycles. The van der Waals surface area contributed by atoms with Crippen LogP contribution in [0.3, 0.4) is 0 Å². The minimum Gasteiger partial charge on any atom is -0.436 e. The molecule has 1 heterocycles. The Labute approximate surface area is 140 Å². The van der Waals surface area contributed by atoms with Gasteiger partial charge in [-0.1, -0.05) is 37.8 Å². The lowest BCUT2D eigenvalue weighted by molar-refractivity contribution is 0.0999. The number of nitrogens with zero attached hydrogens (tertiary/aromatic N) is 1. The van der Waals surface area contributed by atoms with Crippen LogP contribution >= 0.6 is 0 Å². The summed E-state index contributed by atoms with van der Waals surface area (Å²) in [7, 11) is 0. The smallest absolute Gasteiger partial charge is 0.255 e. The second-order valence-corrected chi connectivity index (χ2v) is 6.23. The Hall–Kier alpha value is -2.43. The van der Waals surface area contributed by atoms with Gasteiger partial charge >= 0.3 is 0 Å². The highest BCUT2D eigenvalue weighted by atomic mass is 19.1. The summed E-state index contributed by atoms with van der Waals surface area (Å²) in [6.07, 6.45) is 8.87. The van der Waals surface area contributed by atoms with Crippen molar-refractivity contribution in [3.63, 3.8) is 0 Å². The highest BCUT2D eigenvalue weighted by Crippen LogP contribution is 2.33. The van der Waals surface area contributed by atoms with Crippen LogP contribution in [0.25, 0.3) is 0 Å². The number of halogens is 1. The van der Waals surface area contributed by atoms with E-state index in [4.69, 9.17) is 10.5 Å². The van der Waals surface area contributed by atoms with Gasteiger partial charge in [0.15, 0.2) is 5.82 Å². The van der Waals surface area contributed by atoms with Crippen LogP contribution in [0.15, 0.2) is 36.5 Å². The molecule has 0 atom stereocenters. The van der Waals surface area contributed by atoms with Crippen LogP contribution in [-0.4, -0.2) is 10.9 Å². The van der Waals surface area contributed by atoms with E-state index in [0.717, 1.165) is 6.07 Å². The summed E-state index contributed by atoms with van der Waals surface area (Å²) >= 11 is 0. The van der Waals surface area contributed by atoms with Crippen LogP contribution in [0.4, 0.5) is 4.39 Å². The lowest BCUT2D eigenvalue weighted by Gasteiger charge is -2.15. The van der Waals surface area contributed by atoms with E-state index in [1.165, 1.54) is 50.3 Å². The predicted molar refractivity (Wildman–Crippen MR) is 89.7 cm³/mol. The van der Waals surface area contributed by atoms with Crippen molar-refractivity contribution < 1.29 is 13.9 Å². The Balaban J connectivity index is 1.71. The number of pyridine rings is 1. The molecule has 0 saturated heterocycles. The Bertz CT molecular complexity index is 708. The molecular weight excluding hydrogens is 307 g/mol. The fourth-order valence-electron chi connectivity index (χ4n) is 3.17. The van der Waals surface area contributed by atoms with Crippen molar-refractivity contribution in [2.75, 3.05) is 0 Å². The zero-order valence-electron chi connectivity index (χ0n) is 13.5. The van der Waals surface area contributed by atoms with Crippen molar-refractivity contribution in [1.29, 1.82) is 0 Å². The van der Waals surface area contributed by atoms with Crippen molar-refractivity contribution in [3.8, 4) is 11.6 Å². The van der Waals surface area contributed by atoms with Gasteiger partial charge in [-0.05, 0) is 42.5 Å². The summed E-state index contributed by atoms with van der Waals surface area (Å²) in [6, 6.07) is 8.79. The second-order valence-electron chi connectivity index (χ2n) is 6.23. The molecule has 1 aromatic heterocycles. The molecule has 5 heteroatoms. The highest BCUT2D eigenvalue weighted by molar-refractivity contribution is 5.92. The van der Waals surface area contributed by atoms with Gasteiger partial charge in [0.25, 0.3) is 5.88 Å². The predicted octanol–water partition coefficient (Wildman–Crippen LogP) is 4.55. The van der Waals surface area contributed by atoms with Crippen LogP contribution in [-0.2, 0) is 0 Å². The van der Waals surface area contributed by atoms with E-state index < -0.39 is 11.7 Å². The Kier molecular flexibility index (Phi) is 5.08. The molecule has 0 unspecified atom stereocenters. The van der Waals surface area contributed by atoms with Gasteiger partial charge < -0.3 is 10.5 Å². The lowest BCUT2D eigenvalue weighted by atomic mass is 9.92. The first-order valence-electron chi connectivity index (χ1n) is 8.36. The molecule has 0 bridgehead atoms. The van der Waals surface area contributed by atoms with Gasteiger partial charge in [0, 0.05) is 6.20 Å². The molecule has 0 aliphatic heterocycles. The number of benzene rings is 1. The highest BCUT2D eigenvalue weighted by Gasteiger charge is 2.15.